The number of carboxylic acids is 1. The average Bonchev–Trinajstić information content (AvgIpc) is 3.26. The van der Waals surface area contributed by atoms with Gasteiger partial charge < -0.3 is 30.6 Å². The Morgan fingerprint density at radius 2 is 2.08 bits per heavy atom. The Bertz CT molecular complexity index is 1160. The number of aromatic nitrogens is 1. The van der Waals surface area contributed by atoms with Crippen molar-refractivity contribution >= 4 is 64.2 Å². The number of oxime groups is 1. The lowest BCUT2D eigenvalue weighted by Gasteiger charge is -2.49. The molecule has 16 heteroatoms. The summed E-state index contributed by atoms with van der Waals surface area (Å²) in [5, 5.41) is 21.8. The van der Waals surface area contributed by atoms with Crippen LogP contribution in [0.1, 0.15) is 33.4 Å². The number of amides is 4. The number of hydrogen-bond acceptors (Lipinski definition) is 11. The Kier molecular flexibility index (Phi) is 8.75. The average molecular weight is 555 g/mol. The third-order valence-electron chi connectivity index (χ3n) is 4.81. The molecule has 0 aliphatic carbocycles. The number of thioether (sulfide) groups is 1. The molecule has 0 radical (unpaired) electrons. The molecule has 1 fully saturated rings. The first-order chi connectivity index (χ1) is 17.4. The van der Waals surface area contributed by atoms with E-state index in [4.69, 9.17) is 9.57 Å². The van der Waals surface area contributed by atoms with E-state index in [1.165, 1.54) is 17.1 Å². The second kappa shape index (κ2) is 11.6. The van der Waals surface area contributed by atoms with Crippen molar-refractivity contribution in [3.8, 4) is 0 Å². The Morgan fingerprint density at radius 1 is 1.35 bits per heavy atom. The fourth-order valence-corrected chi connectivity index (χ4v) is 5.26. The van der Waals surface area contributed by atoms with Gasteiger partial charge in [0.05, 0.1) is 6.54 Å². The van der Waals surface area contributed by atoms with Crippen molar-refractivity contribution < 1.29 is 38.7 Å². The first-order valence-electron chi connectivity index (χ1n) is 10.9. The van der Waals surface area contributed by atoms with E-state index in [2.05, 4.69) is 26.1 Å². The van der Waals surface area contributed by atoms with E-state index < -0.39 is 40.9 Å². The van der Waals surface area contributed by atoms with Crippen LogP contribution in [0.25, 0.3) is 0 Å². The van der Waals surface area contributed by atoms with Crippen LogP contribution in [0.4, 0.5) is 9.93 Å². The molecule has 1 aromatic rings. The molecule has 0 saturated carbocycles. The van der Waals surface area contributed by atoms with E-state index in [1.54, 1.807) is 27.7 Å². The van der Waals surface area contributed by atoms with E-state index in [1.807, 2.05) is 0 Å². The number of anilines is 1. The smallest absolute Gasteiger partial charge is 0.407 e. The molecule has 1 saturated heterocycles. The van der Waals surface area contributed by atoms with Crippen molar-refractivity contribution in [3.05, 3.63) is 22.3 Å². The van der Waals surface area contributed by atoms with Gasteiger partial charge in [0, 0.05) is 11.1 Å². The highest BCUT2D eigenvalue weighted by Gasteiger charge is 2.54. The number of carboxylic acid groups (broad SMARTS) is 1. The highest BCUT2D eigenvalue weighted by Crippen LogP contribution is 2.40. The fourth-order valence-electron chi connectivity index (χ4n) is 3.31. The van der Waals surface area contributed by atoms with E-state index >= 15 is 0 Å². The third kappa shape index (κ3) is 6.76. The molecule has 1 unspecified atom stereocenters. The number of β-lactam (4-membered cyclic amide) rings is 1. The number of nitrogens with zero attached hydrogens (tertiary/aromatic N) is 3. The number of ether oxygens (including phenoxy) is 1. The summed E-state index contributed by atoms with van der Waals surface area (Å²) in [6.07, 6.45) is -0.222. The number of carbonyl (C=O) groups excluding carboxylic acids is 4. The van der Waals surface area contributed by atoms with Gasteiger partial charge in [-0.05, 0) is 33.3 Å². The van der Waals surface area contributed by atoms with E-state index in [0.717, 1.165) is 16.2 Å². The lowest BCUT2D eigenvalue weighted by atomic mass is 10.0. The van der Waals surface area contributed by atoms with Gasteiger partial charge in [0.25, 0.3) is 11.8 Å². The fraction of sp³-hybridized carbons (Fsp3) is 0.476. The lowest BCUT2D eigenvalue weighted by Crippen LogP contribution is -2.71. The van der Waals surface area contributed by atoms with E-state index in [0.29, 0.717) is 17.7 Å². The van der Waals surface area contributed by atoms with Crippen LogP contribution in [-0.4, -0.2) is 86.9 Å². The normalized spacial score (nSPS) is 19.4. The van der Waals surface area contributed by atoms with Gasteiger partial charge >= 0.3 is 12.1 Å². The second-order valence-corrected chi connectivity index (χ2v) is 10.8. The first kappa shape index (κ1) is 27.9. The molecule has 4 amide bonds. The zero-order chi connectivity index (χ0) is 27.3. The summed E-state index contributed by atoms with van der Waals surface area (Å²) >= 11 is 2.37. The number of rotatable bonds is 10. The summed E-state index contributed by atoms with van der Waals surface area (Å²) in [5.41, 5.74) is -0.395. The van der Waals surface area contributed by atoms with Crippen molar-refractivity contribution in [1.82, 2.24) is 20.5 Å². The van der Waals surface area contributed by atoms with Crippen molar-refractivity contribution in [2.75, 3.05) is 24.2 Å². The van der Waals surface area contributed by atoms with Gasteiger partial charge in [-0.1, -0.05) is 5.16 Å². The number of alkyl carbamates (subject to hydrolysis) is 1. The predicted octanol–water partition coefficient (Wildman–Crippen LogP) is 0.715. The molecule has 0 spiro atoms. The summed E-state index contributed by atoms with van der Waals surface area (Å²) < 4.78 is 5.12. The molecule has 1 aromatic heterocycles. The quantitative estimate of drug-likeness (QED) is 0.105. The molecule has 2 atom stereocenters. The van der Waals surface area contributed by atoms with Crippen LogP contribution in [0.15, 0.2) is 21.8 Å². The Balaban J connectivity index is 1.69. The molecular formula is C21H26N6O8S2. The Hall–Kier alpha value is -3.66. The van der Waals surface area contributed by atoms with Crippen molar-refractivity contribution in [2.24, 2.45) is 5.16 Å². The largest absolute Gasteiger partial charge is 0.477 e. The third-order valence-corrected chi connectivity index (χ3v) is 7.01. The molecule has 0 aromatic carbocycles. The number of aliphatic carboxylic acids is 1. The van der Waals surface area contributed by atoms with Gasteiger partial charge in [0.1, 0.15) is 35.0 Å². The molecule has 3 rings (SSSR count). The Labute approximate surface area is 219 Å². The van der Waals surface area contributed by atoms with Gasteiger partial charge in [-0.15, -0.1) is 23.1 Å². The molecule has 0 bridgehead atoms. The van der Waals surface area contributed by atoms with E-state index in [9.17, 15) is 29.1 Å². The second-order valence-electron chi connectivity index (χ2n) is 8.80. The minimum Gasteiger partial charge on any atom is -0.477 e. The zero-order valence-corrected chi connectivity index (χ0v) is 22.0. The van der Waals surface area contributed by atoms with Gasteiger partial charge in [-0.3, -0.25) is 19.3 Å². The van der Waals surface area contributed by atoms with Crippen LogP contribution in [0.3, 0.4) is 0 Å². The van der Waals surface area contributed by atoms with Gasteiger partial charge in [0.2, 0.25) is 6.41 Å². The topological polar surface area (TPSA) is 189 Å². The number of hydrogen-bond donors (Lipinski definition) is 4. The highest BCUT2D eigenvalue weighted by molar-refractivity contribution is 8.00. The number of carbonyl (C=O) groups is 5. The molecule has 2 aliphatic rings. The van der Waals surface area contributed by atoms with Crippen molar-refractivity contribution in [2.45, 2.75) is 44.7 Å². The molecule has 37 heavy (non-hydrogen) atoms. The number of thiazole rings is 1. The zero-order valence-electron chi connectivity index (χ0n) is 20.4. The summed E-state index contributed by atoms with van der Waals surface area (Å²) in [4.78, 5) is 70.3. The van der Waals surface area contributed by atoms with Crippen LogP contribution < -0.4 is 16.0 Å². The number of nitrogens with one attached hydrogen (secondary N) is 3. The molecule has 3 heterocycles. The van der Waals surface area contributed by atoms with Crippen LogP contribution in [0, 0.1) is 0 Å². The molecule has 2 aliphatic heterocycles. The number of fused-ring (bicyclic) bond motifs is 1. The summed E-state index contributed by atoms with van der Waals surface area (Å²) in [7, 11) is 0. The highest BCUT2D eigenvalue weighted by atomic mass is 32.2. The predicted molar refractivity (Wildman–Crippen MR) is 134 cm³/mol. The maximum Gasteiger partial charge on any atom is 0.407 e. The lowest BCUT2D eigenvalue weighted by molar-refractivity contribution is -0.150. The van der Waals surface area contributed by atoms with Gasteiger partial charge in [0.15, 0.2) is 10.8 Å². The minimum absolute atomic E-state index is 0.0285. The van der Waals surface area contributed by atoms with Crippen LogP contribution in [0.2, 0.25) is 0 Å². The molecule has 14 nitrogen and oxygen atoms in total. The van der Waals surface area contributed by atoms with Crippen LogP contribution >= 0.6 is 23.1 Å². The standard InChI is InChI=1S/C21H26N6O8S2/c1-10-7-36-17-13(16(30)27(17)14(10)18(31)32)25-15(29)12(11-8-37-19(24-11)23-9-28)26-34-6-5-22-20(33)35-21(2,3)4/h8-9,13,17H,5-7H2,1-4H3,(H,22,33)(H,25,29)(H,31,32)(H,23,24,28)/t13?,17-/m1/s1. The molecular weight excluding hydrogens is 528 g/mol. The van der Waals surface area contributed by atoms with Crippen molar-refractivity contribution in [3.63, 3.8) is 0 Å². The van der Waals surface area contributed by atoms with E-state index in [-0.39, 0.29) is 35.4 Å². The Morgan fingerprint density at radius 3 is 2.73 bits per heavy atom. The molecule has 4 N–H and O–H groups in total. The summed E-state index contributed by atoms with van der Waals surface area (Å²) in [6, 6.07) is -0.981. The summed E-state index contributed by atoms with van der Waals surface area (Å²) in [5.74, 6) is -2.17. The van der Waals surface area contributed by atoms with Crippen LogP contribution in [0.5, 0.6) is 0 Å². The van der Waals surface area contributed by atoms with Gasteiger partial charge in [-0.2, -0.15) is 0 Å². The molecule has 200 valence electrons. The minimum atomic E-state index is -1.21. The first-order valence-corrected chi connectivity index (χ1v) is 12.9. The van der Waals surface area contributed by atoms with Crippen LogP contribution in [-0.2, 0) is 28.8 Å². The van der Waals surface area contributed by atoms with Crippen molar-refractivity contribution in [1.29, 1.82) is 0 Å². The monoisotopic (exact) mass is 554 g/mol. The maximum atomic E-state index is 13.1. The SMILES string of the molecule is CC1=C(C(=O)O)N2C(=O)C(NC(=O)C(=NOCCNC(=O)OC(C)(C)C)c3csc(NC=O)n3)[C@H]2SC1. The maximum absolute atomic E-state index is 13.1. The summed E-state index contributed by atoms with van der Waals surface area (Å²) in [6.45, 7) is 6.72. The van der Waals surface area contributed by atoms with Gasteiger partial charge in [-0.25, -0.2) is 14.6 Å².